The summed E-state index contributed by atoms with van der Waals surface area (Å²) >= 11 is 0. The molecule has 1 aliphatic rings. The van der Waals surface area contributed by atoms with Gasteiger partial charge < -0.3 is 9.30 Å². The van der Waals surface area contributed by atoms with Gasteiger partial charge in [-0.2, -0.15) is 0 Å². The maximum atomic E-state index is 12.8. The van der Waals surface area contributed by atoms with E-state index in [9.17, 15) is 14.4 Å². The summed E-state index contributed by atoms with van der Waals surface area (Å²) in [5.41, 5.74) is -0.345. The molecule has 0 N–H and O–H groups in total. The minimum atomic E-state index is -0.457. The second-order valence-electron chi connectivity index (χ2n) is 7.94. The zero-order valence-corrected chi connectivity index (χ0v) is 17.3. The summed E-state index contributed by atoms with van der Waals surface area (Å²) in [6.07, 6.45) is 1.19. The maximum Gasteiger partial charge on any atom is 0.332 e. The summed E-state index contributed by atoms with van der Waals surface area (Å²) in [7, 11) is 3.01. The molecule has 3 heterocycles. The molecule has 3 rings (SSSR count). The van der Waals surface area contributed by atoms with Crippen LogP contribution in [-0.2, 0) is 36.7 Å². The van der Waals surface area contributed by atoms with Crippen LogP contribution in [0.4, 0.5) is 0 Å². The number of aromatic nitrogens is 4. The first-order valence-electron chi connectivity index (χ1n) is 9.76. The van der Waals surface area contributed by atoms with Gasteiger partial charge in [0.25, 0.3) is 5.56 Å². The number of aryl methyl sites for hydroxylation is 1. The van der Waals surface area contributed by atoms with Crippen LogP contribution in [0.1, 0.15) is 33.0 Å². The average molecular weight is 391 g/mol. The van der Waals surface area contributed by atoms with E-state index in [2.05, 4.69) is 23.7 Å². The molecule has 0 amide bonds. The van der Waals surface area contributed by atoms with Crippen LogP contribution < -0.4 is 11.2 Å². The van der Waals surface area contributed by atoms with Gasteiger partial charge in [-0.3, -0.25) is 23.6 Å². The molecule has 9 nitrogen and oxygen atoms in total. The predicted octanol–water partition coefficient (Wildman–Crippen LogP) is 0.475. The molecule has 1 saturated heterocycles. The molecule has 0 aliphatic carbocycles. The number of carbonyl (C=O) groups excluding carboxylic acids is 1. The molecule has 0 saturated carbocycles. The summed E-state index contributed by atoms with van der Waals surface area (Å²) in [6, 6.07) is 0. The van der Waals surface area contributed by atoms with E-state index in [1.807, 2.05) is 0 Å². The molecule has 1 aliphatic heterocycles. The van der Waals surface area contributed by atoms with E-state index in [-0.39, 0.29) is 18.7 Å². The van der Waals surface area contributed by atoms with Gasteiger partial charge in [-0.05, 0) is 25.2 Å². The number of fused-ring (bicyclic) bond motifs is 1. The van der Waals surface area contributed by atoms with Crippen molar-refractivity contribution in [3.8, 4) is 0 Å². The highest BCUT2D eigenvalue weighted by Gasteiger charge is 2.26. The van der Waals surface area contributed by atoms with E-state index in [0.29, 0.717) is 29.9 Å². The van der Waals surface area contributed by atoms with Gasteiger partial charge in [0.1, 0.15) is 12.4 Å². The first-order valence-corrected chi connectivity index (χ1v) is 9.76. The van der Waals surface area contributed by atoms with E-state index >= 15 is 0 Å². The number of hydrogen-bond acceptors (Lipinski definition) is 6. The molecule has 154 valence electrons. The van der Waals surface area contributed by atoms with Crippen molar-refractivity contribution in [2.24, 2.45) is 25.9 Å². The summed E-state index contributed by atoms with van der Waals surface area (Å²) in [6.45, 7) is 8.73. The lowest BCUT2D eigenvalue weighted by Crippen LogP contribution is -2.39. The van der Waals surface area contributed by atoms with Crippen LogP contribution in [0, 0.1) is 11.8 Å². The normalized spacial score (nSPS) is 20.6. The molecule has 9 heteroatoms. The second kappa shape index (κ2) is 7.90. The van der Waals surface area contributed by atoms with Gasteiger partial charge in [0, 0.05) is 27.2 Å². The number of carbonyl (C=O) groups is 1. The van der Waals surface area contributed by atoms with Crippen LogP contribution in [0.3, 0.4) is 0 Å². The molecule has 1 fully saturated rings. The summed E-state index contributed by atoms with van der Waals surface area (Å²) in [5.74, 6) is 1.31. The lowest BCUT2D eigenvalue weighted by molar-refractivity contribution is -0.143. The van der Waals surface area contributed by atoms with Crippen LogP contribution in [0.25, 0.3) is 11.2 Å². The molecular weight excluding hydrogens is 362 g/mol. The number of piperidine rings is 1. The molecule has 2 unspecified atom stereocenters. The first-order chi connectivity index (χ1) is 13.2. The maximum absolute atomic E-state index is 12.8. The fourth-order valence-electron chi connectivity index (χ4n) is 4.24. The van der Waals surface area contributed by atoms with Gasteiger partial charge in [-0.1, -0.05) is 13.8 Å². The lowest BCUT2D eigenvalue weighted by Gasteiger charge is -2.34. The SMILES string of the molecule is CCOC(=O)Cn1c(CN2CC(C)CC(C)C2)nc2c1c(=O)n(C)c(=O)n2C. The Balaban J connectivity index is 2.11. The topological polar surface area (TPSA) is 91.4 Å². The third-order valence-corrected chi connectivity index (χ3v) is 5.33. The highest BCUT2D eigenvalue weighted by atomic mass is 16.5. The molecule has 0 bridgehead atoms. The van der Waals surface area contributed by atoms with Crippen molar-refractivity contribution < 1.29 is 9.53 Å². The number of likely N-dealkylation sites (tertiary alicyclic amines) is 1. The Morgan fingerprint density at radius 2 is 1.79 bits per heavy atom. The molecule has 28 heavy (non-hydrogen) atoms. The van der Waals surface area contributed by atoms with E-state index in [4.69, 9.17) is 4.74 Å². The zero-order valence-electron chi connectivity index (χ0n) is 17.3. The van der Waals surface area contributed by atoms with E-state index in [1.54, 1.807) is 18.5 Å². The summed E-state index contributed by atoms with van der Waals surface area (Å²) in [5, 5.41) is 0. The fourth-order valence-corrected chi connectivity index (χ4v) is 4.24. The van der Waals surface area contributed by atoms with Gasteiger partial charge in [-0.15, -0.1) is 0 Å². The van der Waals surface area contributed by atoms with E-state index in [1.165, 1.54) is 18.0 Å². The second-order valence-corrected chi connectivity index (χ2v) is 7.94. The molecule has 0 radical (unpaired) electrons. The average Bonchev–Trinajstić information content (AvgIpc) is 2.95. The van der Waals surface area contributed by atoms with Crippen LogP contribution in [0.2, 0.25) is 0 Å². The molecule has 2 atom stereocenters. The Kier molecular flexibility index (Phi) is 5.74. The number of ether oxygens (including phenoxy) is 1. The van der Waals surface area contributed by atoms with Crippen LogP contribution in [0.5, 0.6) is 0 Å². The standard InChI is InChI=1S/C19H29N5O4/c1-6-28-15(25)11-24-14(10-23-8-12(2)7-13(3)9-23)20-17-16(24)18(26)22(5)19(27)21(17)4/h12-13H,6-11H2,1-5H3. The van der Waals surface area contributed by atoms with Crippen molar-refractivity contribution in [1.29, 1.82) is 0 Å². The van der Waals surface area contributed by atoms with Crippen molar-refractivity contribution in [2.75, 3.05) is 19.7 Å². The Morgan fingerprint density at radius 3 is 2.39 bits per heavy atom. The predicted molar refractivity (Wildman–Crippen MR) is 105 cm³/mol. The lowest BCUT2D eigenvalue weighted by atomic mass is 9.92. The van der Waals surface area contributed by atoms with Gasteiger partial charge in [0.05, 0.1) is 13.2 Å². The molecule has 2 aromatic rings. The highest BCUT2D eigenvalue weighted by Crippen LogP contribution is 2.23. The van der Waals surface area contributed by atoms with E-state index < -0.39 is 17.2 Å². The van der Waals surface area contributed by atoms with Gasteiger partial charge in [0.15, 0.2) is 11.2 Å². The van der Waals surface area contributed by atoms with Crippen molar-refractivity contribution in [3.05, 3.63) is 26.7 Å². The minimum Gasteiger partial charge on any atom is -0.465 e. The third-order valence-electron chi connectivity index (χ3n) is 5.33. The van der Waals surface area contributed by atoms with Crippen molar-refractivity contribution >= 4 is 17.1 Å². The summed E-state index contributed by atoms with van der Waals surface area (Å²) in [4.78, 5) is 44.2. The van der Waals surface area contributed by atoms with Gasteiger partial charge in [0.2, 0.25) is 0 Å². The zero-order chi connectivity index (χ0) is 20.6. The van der Waals surface area contributed by atoms with Gasteiger partial charge >= 0.3 is 11.7 Å². The smallest absolute Gasteiger partial charge is 0.332 e. The first kappa shape index (κ1) is 20.3. The molecule has 0 spiro atoms. The number of nitrogens with zero attached hydrogens (tertiary/aromatic N) is 5. The van der Waals surface area contributed by atoms with E-state index in [0.717, 1.165) is 17.7 Å². The Bertz CT molecular complexity index is 992. The largest absolute Gasteiger partial charge is 0.465 e. The van der Waals surface area contributed by atoms with Crippen molar-refractivity contribution in [2.45, 2.75) is 40.3 Å². The molecule has 0 aromatic carbocycles. The highest BCUT2D eigenvalue weighted by molar-refractivity contribution is 5.76. The number of esters is 1. The van der Waals surface area contributed by atoms with Crippen molar-refractivity contribution in [3.63, 3.8) is 0 Å². The van der Waals surface area contributed by atoms with Crippen LogP contribution in [0.15, 0.2) is 9.59 Å². The Labute approximate surface area is 163 Å². The van der Waals surface area contributed by atoms with Crippen LogP contribution >= 0.6 is 0 Å². The molecular formula is C19H29N5O4. The van der Waals surface area contributed by atoms with Gasteiger partial charge in [-0.25, -0.2) is 9.78 Å². The number of rotatable bonds is 5. The molecule has 2 aromatic heterocycles. The Hall–Kier alpha value is -2.42. The van der Waals surface area contributed by atoms with Crippen LogP contribution in [-0.4, -0.2) is 49.3 Å². The minimum absolute atomic E-state index is 0.105. The monoisotopic (exact) mass is 391 g/mol. The number of hydrogen-bond donors (Lipinski definition) is 0. The summed E-state index contributed by atoms with van der Waals surface area (Å²) < 4.78 is 9.09. The third kappa shape index (κ3) is 3.76. The Morgan fingerprint density at radius 1 is 1.14 bits per heavy atom. The quantitative estimate of drug-likeness (QED) is 0.689. The van der Waals surface area contributed by atoms with Crippen molar-refractivity contribution in [1.82, 2.24) is 23.6 Å². The fraction of sp³-hybridized carbons (Fsp3) is 0.684. The number of imidazole rings is 1.